The SMILES string of the molecule is CC1CCc2c(C(=O)NCCc3ccc(N)cc3)csc2C1.Cl. The smallest absolute Gasteiger partial charge is 0.252 e. The fraction of sp³-hybridized carbons (Fsp3) is 0.389. The van der Waals surface area contributed by atoms with Crippen LogP contribution in [0.15, 0.2) is 29.6 Å². The molecule has 1 aliphatic carbocycles. The highest BCUT2D eigenvalue weighted by Gasteiger charge is 2.22. The normalized spacial score (nSPS) is 16.3. The highest BCUT2D eigenvalue weighted by molar-refractivity contribution is 7.10. The van der Waals surface area contributed by atoms with Crippen LogP contribution in [0.4, 0.5) is 5.69 Å². The molecule has 124 valence electrons. The van der Waals surface area contributed by atoms with Gasteiger partial charge < -0.3 is 11.1 Å². The maximum atomic E-state index is 12.4. The molecule has 3 nitrogen and oxygen atoms in total. The maximum absolute atomic E-state index is 12.4. The molecular formula is C18H23ClN2OS. The number of carbonyl (C=O) groups is 1. The Morgan fingerprint density at radius 3 is 2.83 bits per heavy atom. The van der Waals surface area contributed by atoms with Gasteiger partial charge in [0.2, 0.25) is 0 Å². The van der Waals surface area contributed by atoms with Gasteiger partial charge in [0.05, 0.1) is 5.56 Å². The number of amides is 1. The maximum Gasteiger partial charge on any atom is 0.252 e. The fourth-order valence-electron chi connectivity index (χ4n) is 2.97. The molecule has 1 aliphatic rings. The van der Waals surface area contributed by atoms with Crippen molar-refractivity contribution >= 4 is 35.3 Å². The quantitative estimate of drug-likeness (QED) is 0.823. The molecule has 1 aromatic carbocycles. The van der Waals surface area contributed by atoms with E-state index in [4.69, 9.17) is 5.73 Å². The second-order valence-corrected chi connectivity index (χ2v) is 7.11. The van der Waals surface area contributed by atoms with Crippen molar-refractivity contribution < 1.29 is 4.79 Å². The van der Waals surface area contributed by atoms with Crippen LogP contribution in [0.25, 0.3) is 0 Å². The Balaban J connectivity index is 0.00000192. The monoisotopic (exact) mass is 350 g/mol. The summed E-state index contributed by atoms with van der Waals surface area (Å²) in [6, 6.07) is 7.81. The zero-order valence-corrected chi connectivity index (χ0v) is 14.9. The molecule has 0 fully saturated rings. The summed E-state index contributed by atoms with van der Waals surface area (Å²) in [5.74, 6) is 0.815. The van der Waals surface area contributed by atoms with Gasteiger partial charge in [-0.05, 0) is 54.9 Å². The van der Waals surface area contributed by atoms with E-state index in [9.17, 15) is 4.79 Å². The Kier molecular flexibility index (Phi) is 6.08. The molecule has 23 heavy (non-hydrogen) atoms. The van der Waals surface area contributed by atoms with Crippen LogP contribution < -0.4 is 11.1 Å². The first-order valence-electron chi connectivity index (χ1n) is 7.85. The van der Waals surface area contributed by atoms with Gasteiger partial charge in [-0.15, -0.1) is 23.7 Å². The lowest BCUT2D eigenvalue weighted by atomic mass is 9.88. The van der Waals surface area contributed by atoms with Crippen LogP contribution in [0.5, 0.6) is 0 Å². The lowest BCUT2D eigenvalue weighted by Crippen LogP contribution is -2.26. The minimum Gasteiger partial charge on any atom is -0.399 e. The van der Waals surface area contributed by atoms with Crippen LogP contribution in [0, 0.1) is 5.92 Å². The van der Waals surface area contributed by atoms with Crippen molar-refractivity contribution in [2.75, 3.05) is 12.3 Å². The molecule has 0 aliphatic heterocycles. The van der Waals surface area contributed by atoms with Crippen molar-refractivity contribution in [2.45, 2.75) is 32.6 Å². The van der Waals surface area contributed by atoms with Crippen LogP contribution in [0.3, 0.4) is 0 Å². The number of nitrogens with two attached hydrogens (primary N) is 1. The largest absolute Gasteiger partial charge is 0.399 e. The van der Waals surface area contributed by atoms with Crippen molar-refractivity contribution in [3.05, 3.63) is 51.2 Å². The van der Waals surface area contributed by atoms with Gasteiger partial charge in [-0.25, -0.2) is 0 Å². The number of carbonyl (C=O) groups excluding carboxylic acids is 1. The van der Waals surface area contributed by atoms with Crippen molar-refractivity contribution in [2.24, 2.45) is 5.92 Å². The molecule has 1 unspecified atom stereocenters. The second kappa shape index (κ2) is 7.84. The summed E-state index contributed by atoms with van der Waals surface area (Å²) in [5, 5.41) is 5.08. The van der Waals surface area contributed by atoms with Gasteiger partial charge in [0.15, 0.2) is 0 Å². The Hall–Kier alpha value is -1.52. The van der Waals surface area contributed by atoms with Crippen LogP contribution in [0.1, 0.15) is 39.7 Å². The van der Waals surface area contributed by atoms with Gasteiger partial charge in [-0.1, -0.05) is 19.1 Å². The van der Waals surface area contributed by atoms with Crippen molar-refractivity contribution in [1.29, 1.82) is 0 Å². The molecule has 2 aromatic rings. The fourth-order valence-corrected chi connectivity index (χ4v) is 4.21. The first-order valence-corrected chi connectivity index (χ1v) is 8.73. The van der Waals surface area contributed by atoms with Crippen molar-refractivity contribution in [3.8, 4) is 0 Å². The van der Waals surface area contributed by atoms with E-state index in [1.54, 1.807) is 11.3 Å². The molecule has 1 heterocycles. The zero-order chi connectivity index (χ0) is 15.5. The number of halogens is 1. The first kappa shape index (κ1) is 17.8. The molecule has 5 heteroatoms. The third-order valence-electron chi connectivity index (χ3n) is 4.33. The number of anilines is 1. The summed E-state index contributed by atoms with van der Waals surface area (Å²) < 4.78 is 0. The third-order valence-corrected chi connectivity index (χ3v) is 5.38. The highest BCUT2D eigenvalue weighted by Crippen LogP contribution is 2.32. The van der Waals surface area contributed by atoms with E-state index < -0.39 is 0 Å². The van der Waals surface area contributed by atoms with E-state index in [2.05, 4.69) is 12.2 Å². The Labute approximate surface area is 147 Å². The van der Waals surface area contributed by atoms with Crippen molar-refractivity contribution in [1.82, 2.24) is 5.32 Å². The third kappa shape index (κ3) is 4.27. The minimum absolute atomic E-state index is 0. The van der Waals surface area contributed by atoms with Crippen LogP contribution in [0.2, 0.25) is 0 Å². The number of rotatable bonds is 4. The minimum atomic E-state index is 0. The summed E-state index contributed by atoms with van der Waals surface area (Å²) in [6.07, 6.45) is 4.18. The van der Waals surface area contributed by atoms with E-state index in [0.29, 0.717) is 6.54 Å². The van der Waals surface area contributed by atoms with E-state index in [1.807, 2.05) is 29.6 Å². The predicted octanol–water partition coefficient (Wildman–Crippen LogP) is 3.85. The zero-order valence-electron chi connectivity index (χ0n) is 13.3. The molecule has 3 rings (SSSR count). The van der Waals surface area contributed by atoms with Crippen LogP contribution >= 0.6 is 23.7 Å². The molecule has 0 bridgehead atoms. The number of fused-ring (bicyclic) bond motifs is 1. The molecular weight excluding hydrogens is 328 g/mol. The summed E-state index contributed by atoms with van der Waals surface area (Å²) in [5.41, 5.74) is 9.81. The first-order chi connectivity index (χ1) is 10.6. The second-order valence-electron chi connectivity index (χ2n) is 6.15. The van der Waals surface area contributed by atoms with Gasteiger partial charge >= 0.3 is 0 Å². The number of nitrogens with one attached hydrogen (secondary N) is 1. The summed E-state index contributed by atoms with van der Waals surface area (Å²) in [7, 11) is 0. The summed E-state index contributed by atoms with van der Waals surface area (Å²) >= 11 is 1.74. The Morgan fingerprint density at radius 2 is 2.09 bits per heavy atom. The van der Waals surface area contributed by atoms with E-state index in [1.165, 1.54) is 22.4 Å². The number of nitrogen functional groups attached to an aromatic ring is 1. The highest BCUT2D eigenvalue weighted by atomic mass is 35.5. The molecule has 1 atom stereocenters. The van der Waals surface area contributed by atoms with Gasteiger partial charge in [-0.2, -0.15) is 0 Å². The van der Waals surface area contributed by atoms with Gasteiger partial charge in [-0.3, -0.25) is 4.79 Å². The number of hydrogen-bond acceptors (Lipinski definition) is 3. The molecule has 1 aromatic heterocycles. The topological polar surface area (TPSA) is 55.1 Å². The standard InChI is InChI=1S/C18H22N2OS.ClH/c1-12-2-7-15-16(11-22-17(15)10-12)18(21)20-9-8-13-3-5-14(19)6-4-13;/h3-6,11-12H,2,7-10,19H2,1H3,(H,20,21);1H. The van der Waals surface area contributed by atoms with Gasteiger partial charge in [0.25, 0.3) is 5.91 Å². The predicted molar refractivity (Wildman–Crippen MR) is 99.6 cm³/mol. The van der Waals surface area contributed by atoms with Gasteiger partial charge in [0.1, 0.15) is 0 Å². The number of benzene rings is 1. The van der Waals surface area contributed by atoms with Crippen LogP contribution in [-0.4, -0.2) is 12.5 Å². The molecule has 0 spiro atoms. The summed E-state index contributed by atoms with van der Waals surface area (Å²) in [4.78, 5) is 13.8. The molecule has 0 saturated carbocycles. The lowest BCUT2D eigenvalue weighted by Gasteiger charge is -2.18. The molecule has 3 N–H and O–H groups in total. The Morgan fingerprint density at radius 1 is 1.35 bits per heavy atom. The van der Waals surface area contributed by atoms with E-state index in [-0.39, 0.29) is 18.3 Å². The summed E-state index contributed by atoms with van der Waals surface area (Å²) in [6.45, 7) is 2.94. The molecule has 1 amide bonds. The van der Waals surface area contributed by atoms with Crippen molar-refractivity contribution in [3.63, 3.8) is 0 Å². The molecule has 0 saturated heterocycles. The van der Waals surface area contributed by atoms with Gasteiger partial charge in [0, 0.05) is 22.5 Å². The average molecular weight is 351 g/mol. The number of hydrogen-bond donors (Lipinski definition) is 2. The number of thiophene rings is 1. The molecule has 0 radical (unpaired) electrons. The van der Waals surface area contributed by atoms with E-state index >= 15 is 0 Å². The Bertz CT molecular complexity index is 666. The van der Waals surface area contributed by atoms with E-state index in [0.717, 1.165) is 36.4 Å². The lowest BCUT2D eigenvalue weighted by molar-refractivity contribution is 0.0953. The average Bonchev–Trinajstić information content (AvgIpc) is 2.92. The van der Waals surface area contributed by atoms with Crippen LogP contribution in [-0.2, 0) is 19.3 Å².